The van der Waals surface area contributed by atoms with Gasteiger partial charge in [0.2, 0.25) is 0 Å². The van der Waals surface area contributed by atoms with Crippen LogP contribution in [0.25, 0.3) is 0 Å². The van der Waals surface area contributed by atoms with Crippen LogP contribution in [0.15, 0.2) is 0 Å². The van der Waals surface area contributed by atoms with Crippen LogP contribution in [0, 0.1) is 34.5 Å². The Bertz CT molecular complexity index is 611. The number of hydrogen-bond donors (Lipinski definition) is 0. The number of hydrogen-bond acceptors (Lipinski definition) is 4. The number of ether oxygens (including phenoxy) is 1. The van der Waals surface area contributed by atoms with Crippen molar-refractivity contribution >= 4 is 17.5 Å². The highest BCUT2D eigenvalue weighted by molar-refractivity contribution is 5.87. The lowest BCUT2D eigenvalue weighted by Crippen LogP contribution is -2.56. The van der Waals surface area contributed by atoms with Crippen LogP contribution in [0.2, 0.25) is 0 Å². The van der Waals surface area contributed by atoms with Crippen molar-refractivity contribution in [3.05, 3.63) is 0 Å². The summed E-state index contributed by atoms with van der Waals surface area (Å²) in [6, 6.07) is 0. The Hall–Kier alpha value is -1.19. The Kier molecular flexibility index (Phi) is 4.08. The molecule has 0 bridgehead atoms. The molecule has 4 aliphatic rings. The van der Waals surface area contributed by atoms with Crippen molar-refractivity contribution in [2.24, 2.45) is 34.5 Å². The minimum absolute atomic E-state index is 0.0323. The molecule has 0 aromatic heterocycles. The smallest absolute Gasteiger partial charge is 0.302 e. The Morgan fingerprint density at radius 3 is 2.64 bits per heavy atom. The van der Waals surface area contributed by atoms with E-state index in [4.69, 9.17) is 4.74 Å². The third kappa shape index (κ3) is 2.50. The monoisotopic (exact) mass is 346 g/mol. The molecule has 0 heterocycles. The standard InChI is InChI=1S/C21H30O4/c1-13(22)25-12-21-10-7-15(23)11-14(21)3-4-16-17-5-6-19(24)20(17,2)9-8-18(16)21/h14,16-18H,3-12H2,1-2H3/t14?,16-,17-,18+,20-,21+/m0/s1. The van der Waals surface area contributed by atoms with Gasteiger partial charge >= 0.3 is 5.97 Å². The van der Waals surface area contributed by atoms with Gasteiger partial charge in [-0.25, -0.2) is 0 Å². The second kappa shape index (κ2) is 5.92. The Morgan fingerprint density at radius 1 is 1.08 bits per heavy atom. The molecule has 0 aliphatic heterocycles. The molecular formula is C21H30O4. The van der Waals surface area contributed by atoms with Crippen molar-refractivity contribution in [3.8, 4) is 0 Å². The Morgan fingerprint density at radius 2 is 1.88 bits per heavy atom. The highest BCUT2D eigenvalue weighted by Gasteiger charge is 2.61. The first kappa shape index (κ1) is 17.2. The van der Waals surface area contributed by atoms with Gasteiger partial charge in [-0.15, -0.1) is 0 Å². The van der Waals surface area contributed by atoms with Gasteiger partial charge in [0.1, 0.15) is 11.6 Å². The van der Waals surface area contributed by atoms with E-state index in [2.05, 4.69) is 6.92 Å². The minimum atomic E-state index is -0.219. The second-order valence-electron chi connectivity index (χ2n) is 9.33. The SMILES string of the molecule is CC(=O)OC[C@]12CCC(=O)CC1CC[C@@H]1[C@H]2CC[C@]2(C)C(=O)CC[C@@H]12. The third-order valence-electron chi connectivity index (χ3n) is 8.43. The van der Waals surface area contributed by atoms with Gasteiger partial charge in [-0.3, -0.25) is 14.4 Å². The van der Waals surface area contributed by atoms with E-state index >= 15 is 0 Å². The lowest BCUT2D eigenvalue weighted by atomic mass is 9.45. The highest BCUT2D eigenvalue weighted by atomic mass is 16.5. The van der Waals surface area contributed by atoms with Crippen molar-refractivity contribution in [2.45, 2.75) is 71.6 Å². The van der Waals surface area contributed by atoms with E-state index in [1.807, 2.05) is 0 Å². The predicted molar refractivity (Wildman–Crippen MR) is 92.7 cm³/mol. The fraction of sp³-hybridized carbons (Fsp3) is 0.857. The zero-order valence-corrected chi connectivity index (χ0v) is 15.5. The van der Waals surface area contributed by atoms with Gasteiger partial charge in [-0.2, -0.15) is 0 Å². The van der Waals surface area contributed by atoms with E-state index < -0.39 is 0 Å². The molecule has 138 valence electrons. The molecule has 6 atom stereocenters. The third-order valence-corrected chi connectivity index (χ3v) is 8.43. The van der Waals surface area contributed by atoms with Crippen LogP contribution in [0.1, 0.15) is 71.6 Å². The maximum Gasteiger partial charge on any atom is 0.302 e. The maximum absolute atomic E-state index is 12.5. The molecule has 4 nitrogen and oxygen atoms in total. The normalized spacial score (nSPS) is 46.2. The van der Waals surface area contributed by atoms with Crippen molar-refractivity contribution < 1.29 is 19.1 Å². The molecule has 0 aromatic rings. The zero-order chi connectivity index (χ0) is 17.8. The van der Waals surface area contributed by atoms with Gasteiger partial charge in [0.15, 0.2) is 0 Å². The lowest BCUT2D eigenvalue weighted by Gasteiger charge is -2.59. The summed E-state index contributed by atoms with van der Waals surface area (Å²) in [4.78, 5) is 36.1. The minimum Gasteiger partial charge on any atom is -0.465 e. The van der Waals surface area contributed by atoms with E-state index in [-0.39, 0.29) is 16.8 Å². The van der Waals surface area contributed by atoms with Crippen LogP contribution in [-0.4, -0.2) is 24.1 Å². The Balaban J connectivity index is 1.66. The fourth-order valence-corrected chi connectivity index (χ4v) is 7.14. The quantitative estimate of drug-likeness (QED) is 0.715. The molecule has 4 rings (SSSR count). The van der Waals surface area contributed by atoms with Crippen LogP contribution in [-0.2, 0) is 19.1 Å². The summed E-state index contributed by atoms with van der Waals surface area (Å²) in [5.74, 6) is 2.53. The average molecular weight is 346 g/mol. The summed E-state index contributed by atoms with van der Waals surface area (Å²) in [6.07, 6.45) is 8.13. The number of carbonyl (C=O) groups excluding carboxylic acids is 3. The van der Waals surface area contributed by atoms with Gasteiger partial charge in [-0.05, 0) is 62.2 Å². The van der Waals surface area contributed by atoms with E-state index in [0.29, 0.717) is 54.7 Å². The van der Waals surface area contributed by atoms with Crippen LogP contribution >= 0.6 is 0 Å². The molecule has 4 heteroatoms. The van der Waals surface area contributed by atoms with Crippen LogP contribution in [0.4, 0.5) is 0 Å². The number of rotatable bonds is 2. The molecule has 0 N–H and O–H groups in total. The van der Waals surface area contributed by atoms with E-state index in [9.17, 15) is 14.4 Å². The first-order chi connectivity index (χ1) is 11.9. The first-order valence-electron chi connectivity index (χ1n) is 10.1. The van der Waals surface area contributed by atoms with Crippen molar-refractivity contribution in [3.63, 3.8) is 0 Å². The summed E-state index contributed by atoms with van der Waals surface area (Å²) in [6.45, 7) is 4.14. The molecule has 1 unspecified atom stereocenters. The average Bonchev–Trinajstić information content (AvgIpc) is 2.88. The molecular weight excluding hydrogens is 316 g/mol. The summed E-state index contributed by atoms with van der Waals surface area (Å²) in [7, 11) is 0. The van der Waals surface area contributed by atoms with Crippen LogP contribution in [0.5, 0.6) is 0 Å². The van der Waals surface area contributed by atoms with Gasteiger partial charge in [-0.1, -0.05) is 6.92 Å². The number of esters is 1. The molecule has 0 spiro atoms. The number of Topliss-reactive ketones (excluding diaryl/α,β-unsaturated/α-hetero) is 2. The number of fused-ring (bicyclic) bond motifs is 5. The molecule has 4 aliphatic carbocycles. The molecule has 25 heavy (non-hydrogen) atoms. The Labute approximate surface area is 150 Å². The highest BCUT2D eigenvalue weighted by Crippen LogP contribution is 2.65. The summed E-state index contributed by atoms with van der Waals surface area (Å²) in [5, 5.41) is 0. The molecule has 0 radical (unpaired) electrons. The zero-order valence-electron chi connectivity index (χ0n) is 15.5. The first-order valence-corrected chi connectivity index (χ1v) is 10.1. The number of carbonyl (C=O) groups is 3. The molecule has 0 amide bonds. The van der Waals surface area contributed by atoms with E-state index in [0.717, 1.165) is 44.9 Å². The topological polar surface area (TPSA) is 60.4 Å². The van der Waals surface area contributed by atoms with Gasteiger partial charge in [0.25, 0.3) is 0 Å². The second-order valence-corrected chi connectivity index (χ2v) is 9.33. The molecule has 0 aromatic carbocycles. The molecule has 4 fully saturated rings. The van der Waals surface area contributed by atoms with Gasteiger partial charge in [0.05, 0.1) is 6.61 Å². The van der Waals surface area contributed by atoms with Crippen molar-refractivity contribution in [2.75, 3.05) is 6.61 Å². The molecule has 0 saturated heterocycles. The lowest BCUT2D eigenvalue weighted by molar-refractivity contribution is -0.169. The summed E-state index contributed by atoms with van der Waals surface area (Å²) in [5.41, 5.74) is -0.156. The largest absolute Gasteiger partial charge is 0.465 e. The van der Waals surface area contributed by atoms with Crippen LogP contribution in [0.3, 0.4) is 0 Å². The molecule has 4 saturated carbocycles. The van der Waals surface area contributed by atoms with E-state index in [1.165, 1.54) is 6.92 Å². The van der Waals surface area contributed by atoms with Crippen molar-refractivity contribution in [1.82, 2.24) is 0 Å². The van der Waals surface area contributed by atoms with E-state index in [1.54, 1.807) is 0 Å². The summed E-state index contributed by atoms with van der Waals surface area (Å²) < 4.78 is 5.57. The number of ketones is 2. The van der Waals surface area contributed by atoms with Gasteiger partial charge < -0.3 is 4.74 Å². The van der Waals surface area contributed by atoms with Crippen molar-refractivity contribution in [1.29, 1.82) is 0 Å². The van der Waals surface area contributed by atoms with Gasteiger partial charge in [0, 0.05) is 37.0 Å². The predicted octanol–water partition coefficient (Wildman–Crippen LogP) is 3.71. The van der Waals surface area contributed by atoms with Crippen LogP contribution < -0.4 is 0 Å². The summed E-state index contributed by atoms with van der Waals surface area (Å²) >= 11 is 0. The maximum atomic E-state index is 12.5. The fourth-order valence-electron chi connectivity index (χ4n) is 7.14.